The summed E-state index contributed by atoms with van der Waals surface area (Å²) in [5.74, 6) is -0.605. The van der Waals surface area contributed by atoms with Crippen molar-refractivity contribution in [2.45, 2.75) is 39.5 Å². The molecule has 0 aromatic heterocycles. The van der Waals surface area contributed by atoms with E-state index in [1.807, 2.05) is 6.92 Å². The SMILES string of the molecule is CCCCC1(CC)COC(=O)C(Cl)=C1O. The van der Waals surface area contributed by atoms with E-state index in [4.69, 9.17) is 16.3 Å². The van der Waals surface area contributed by atoms with Gasteiger partial charge >= 0.3 is 5.97 Å². The molecule has 1 heterocycles. The molecular formula is C11H17ClO3. The molecule has 0 radical (unpaired) electrons. The van der Waals surface area contributed by atoms with Gasteiger partial charge in [-0.2, -0.15) is 0 Å². The molecule has 0 bridgehead atoms. The predicted octanol–water partition coefficient (Wildman–Crippen LogP) is 3.14. The summed E-state index contributed by atoms with van der Waals surface area (Å²) in [4.78, 5) is 11.1. The van der Waals surface area contributed by atoms with Gasteiger partial charge < -0.3 is 9.84 Å². The van der Waals surface area contributed by atoms with Gasteiger partial charge in [0, 0.05) is 0 Å². The molecule has 0 saturated carbocycles. The second kappa shape index (κ2) is 4.88. The van der Waals surface area contributed by atoms with E-state index in [-0.39, 0.29) is 17.4 Å². The Balaban J connectivity index is 2.94. The van der Waals surface area contributed by atoms with Gasteiger partial charge in [0.05, 0.1) is 5.41 Å². The van der Waals surface area contributed by atoms with Crippen LogP contribution in [0.25, 0.3) is 0 Å². The van der Waals surface area contributed by atoms with Crippen LogP contribution in [-0.4, -0.2) is 17.7 Å². The molecule has 1 aliphatic rings. The van der Waals surface area contributed by atoms with E-state index in [0.29, 0.717) is 0 Å². The molecular weight excluding hydrogens is 216 g/mol. The number of rotatable bonds is 4. The topological polar surface area (TPSA) is 46.5 Å². The molecule has 1 aliphatic heterocycles. The standard InChI is InChI=1S/C11H17ClO3/c1-3-5-6-11(4-2)7-15-10(14)8(12)9(11)13/h13H,3-7H2,1-2H3. The lowest BCUT2D eigenvalue weighted by Gasteiger charge is -2.34. The fourth-order valence-corrected chi connectivity index (χ4v) is 2.07. The van der Waals surface area contributed by atoms with Crippen molar-refractivity contribution in [1.29, 1.82) is 0 Å². The second-order valence-corrected chi connectivity index (χ2v) is 4.35. The molecule has 0 aromatic rings. The molecule has 15 heavy (non-hydrogen) atoms. The summed E-state index contributed by atoms with van der Waals surface area (Å²) in [7, 11) is 0. The molecule has 4 heteroatoms. The Labute approximate surface area is 95.1 Å². The van der Waals surface area contributed by atoms with Crippen LogP contribution in [0.15, 0.2) is 10.8 Å². The molecule has 0 spiro atoms. The van der Waals surface area contributed by atoms with Gasteiger partial charge in [0.25, 0.3) is 0 Å². The van der Waals surface area contributed by atoms with Crippen molar-refractivity contribution < 1.29 is 14.6 Å². The molecule has 0 saturated heterocycles. The monoisotopic (exact) mass is 232 g/mol. The predicted molar refractivity (Wildman–Crippen MR) is 58.7 cm³/mol. The van der Waals surface area contributed by atoms with Crippen molar-refractivity contribution in [3.63, 3.8) is 0 Å². The van der Waals surface area contributed by atoms with Gasteiger partial charge in [0.15, 0.2) is 5.03 Å². The highest BCUT2D eigenvalue weighted by Gasteiger charge is 2.41. The number of halogens is 1. The summed E-state index contributed by atoms with van der Waals surface area (Å²) in [6.45, 7) is 4.29. The van der Waals surface area contributed by atoms with Crippen molar-refractivity contribution in [2.75, 3.05) is 6.61 Å². The maximum absolute atomic E-state index is 11.1. The van der Waals surface area contributed by atoms with E-state index in [1.165, 1.54) is 0 Å². The molecule has 3 nitrogen and oxygen atoms in total. The average Bonchev–Trinajstić information content (AvgIpc) is 2.26. The van der Waals surface area contributed by atoms with Gasteiger partial charge in [-0.05, 0) is 12.8 Å². The lowest BCUT2D eigenvalue weighted by atomic mass is 9.78. The van der Waals surface area contributed by atoms with Gasteiger partial charge in [-0.15, -0.1) is 0 Å². The third kappa shape index (κ3) is 2.28. The Kier molecular flexibility index (Phi) is 4.03. The zero-order chi connectivity index (χ0) is 11.5. The lowest BCUT2D eigenvalue weighted by molar-refractivity contribution is -0.145. The van der Waals surface area contributed by atoms with Gasteiger partial charge in [0.1, 0.15) is 12.4 Å². The largest absolute Gasteiger partial charge is 0.510 e. The molecule has 1 N–H and O–H groups in total. The summed E-state index contributed by atoms with van der Waals surface area (Å²) in [5, 5.41) is 9.78. The van der Waals surface area contributed by atoms with E-state index < -0.39 is 11.4 Å². The number of aliphatic hydroxyl groups excluding tert-OH is 1. The minimum absolute atomic E-state index is 0.0105. The average molecular weight is 233 g/mol. The van der Waals surface area contributed by atoms with Crippen molar-refractivity contribution in [3.8, 4) is 0 Å². The lowest BCUT2D eigenvalue weighted by Crippen LogP contribution is -2.35. The first-order valence-electron chi connectivity index (χ1n) is 5.33. The zero-order valence-electron chi connectivity index (χ0n) is 9.18. The Morgan fingerprint density at radius 3 is 2.73 bits per heavy atom. The summed E-state index contributed by atoms with van der Waals surface area (Å²) in [6.07, 6.45) is 3.55. The second-order valence-electron chi connectivity index (χ2n) is 3.98. The van der Waals surface area contributed by atoms with Crippen LogP contribution in [0.5, 0.6) is 0 Å². The number of aliphatic hydroxyl groups is 1. The Morgan fingerprint density at radius 2 is 2.20 bits per heavy atom. The molecule has 0 amide bonds. The van der Waals surface area contributed by atoms with Crippen LogP contribution in [0.1, 0.15) is 39.5 Å². The zero-order valence-corrected chi connectivity index (χ0v) is 9.93. The van der Waals surface area contributed by atoms with Crippen molar-refractivity contribution in [2.24, 2.45) is 5.41 Å². The van der Waals surface area contributed by atoms with Crippen molar-refractivity contribution in [3.05, 3.63) is 10.8 Å². The molecule has 0 aromatic carbocycles. The van der Waals surface area contributed by atoms with Gasteiger partial charge in [0.2, 0.25) is 0 Å². The molecule has 86 valence electrons. The summed E-state index contributed by atoms with van der Waals surface area (Å²) < 4.78 is 4.98. The number of hydrogen-bond acceptors (Lipinski definition) is 3. The van der Waals surface area contributed by atoms with E-state index in [9.17, 15) is 9.90 Å². The Bertz CT molecular complexity index is 286. The van der Waals surface area contributed by atoms with Crippen LogP contribution >= 0.6 is 11.6 Å². The van der Waals surface area contributed by atoms with Crippen LogP contribution in [-0.2, 0) is 9.53 Å². The molecule has 1 rings (SSSR count). The number of carbonyl (C=O) groups excluding carboxylic acids is 1. The minimum Gasteiger partial charge on any atom is -0.510 e. The first kappa shape index (κ1) is 12.4. The van der Waals surface area contributed by atoms with Crippen LogP contribution < -0.4 is 0 Å². The fourth-order valence-electron chi connectivity index (χ4n) is 1.82. The third-order valence-corrected chi connectivity index (χ3v) is 3.39. The van der Waals surface area contributed by atoms with Crippen LogP contribution in [0.2, 0.25) is 0 Å². The smallest absolute Gasteiger partial charge is 0.353 e. The highest BCUT2D eigenvalue weighted by molar-refractivity contribution is 6.41. The van der Waals surface area contributed by atoms with E-state index in [2.05, 4.69) is 6.92 Å². The molecule has 0 aliphatic carbocycles. The van der Waals surface area contributed by atoms with Crippen LogP contribution in [0, 0.1) is 5.41 Å². The van der Waals surface area contributed by atoms with E-state index in [0.717, 1.165) is 25.7 Å². The van der Waals surface area contributed by atoms with Crippen molar-refractivity contribution >= 4 is 17.6 Å². The number of esters is 1. The number of unbranched alkanes of at least 4 members (excludes halogenated alkanes) is 1. The normalized spacial score (nSPS) is 26.7. The highest BCUT2D eigenvalue weighted by atomic mass is 35.5. The van der Waals surface area contributed by atoms with Gasteiger partial charge in [-0.3, -0.25) is 0 Å². The Hall–Kier alpha value is -0.700. The van der Waals surface area contributed by atoms with E-state index in [1.54, 1.807) is 0 Å². The fraction of sp³-hybridized carbons (Fsp3) is 0.727. The summed E-state index contributed by atoms with van der Waals surface area (Å²) in [5.41, 5.74) is -0.457. The third-order valence-electron chi connectivity index (χ3n) is 3.05. The summed E-state index contributed by atoms with van der Waals surface area (Å²) in [6, 6.07) is 0. The molecule has 0 fully saturated rings. The van der Waals surface area contributed by atoms with Crippen LogP contribution in [0.3, 0.4) is 0 Å². The number of hydrogen-bond donors (Lipinski definition) is 1. The number of carbonyl (C=O) groups is 1. The van der Waals surface area contributed by atoms with Crippen LogP contribution in [0.4, 0.5) is 0 Å². The van der Waals surface area contributed by atoms with Gasteiger partial charge in [-0.1, -0.05) is 38.3 Å². The van der Waals surface area contributed by atoms with E-state index >= 15 is 0 Å². The maximum atomic E-state index is 11.1. The van der Waals surface area contributed by atoms with Crippen molar-refractivity contribution in [1.82, 2.24) is 0 Å². The number of cyclic esters (lactones) is 1. The Morgan fingerprint density at radius 1 is 1.53 bits per heavy atom. The number of ether oxygens (including phenoxy) is 1. The quantitative estimate of drug-likeness (QED) is 0.758. The highest BCUT2D eigenvalue weighted by Crippen LogP contribution is 2.41. The summed E-state index contributed by atoms with van der Waals surface area (Å²) >= 11 is 5.71. The minimum atomic E-state index is -0.616. The maximum Gasteiger partial charge on any atom is 0.353 e. The first-order chi connectivity index (χ1) is 7.07. The molecule has 1 atom stereocenters. The van der Waals surface area contributed by atoms with Gasteiger partial charge in [-0.25, -0.2) is 4.79 Å². The first-order valence-corrected chi connectivity index (χ1v) is 5.71. The molecule has 1 unspecified atom stereocenters.